The number of anilines is 2. The van der Waals surface area contributed by atoms with Crippen LogP contribution < -0.4 is 11.1 Å². The van der Waals surface area contributed by atoms with E-state index in [1.54, 1.807) is 36.6 Å². The fraction of sp³-hybridized carbons (Fsp3) is 0.333. The molecule has 112 valence electrons. The Labute approximate surface area is 128 Å². The lowest BCUT2D eigenvalue weighted by atomic mass is 10.1. The van der Waals surface area contributed by atoms with Gasteiger partial charge in [0, 0.05) is 11.6 Å². The van der Waals surface area contributed by atoms with Crippen molar-refractivity contribution in [2.24, 2.45) is 0 Å². The van der Waals surface area contributed by atoms with E-state index < -0.39 is 5.97 Å². The maximum absolute atomic E-state index is 11.9. The molecule has 0 bridgehead atoms. The molecule has 2 aromatic rings. The Kier molecular flexibility index (Phi) is 5.16. The van der Waals surface area contributed by atoms with Crippen LogP contribution >= 0.6 is 11.3 Å². The molecule has 0 aliphatic carbocycles. The molecule has 0 radical (unpaired) electrons. The summed E-state index contributed by atoms with van der Waals surface area (Å²) in [5, 5.41) is 6.29. The number of hydrogen-bond donors (Lipinski definition) is 2. The van der Waals surface area contributed by atoms with E-state index in [9.17, 15) is 4.79 Å². The summed E-state index contributed by atoms with van der Waals surface area (Å²) in [5.74, 6) is -0.402. The van der Waals surface area contributed by atoms with Crippen molar-refractivity contribution in [3.63, 3.8) is 0 Å². The lowest BCUT2D eigenvalue weighted by Crippen LogP contribution is -2.14. The van der Waals surface area contributed by atoms with Crippen molar-refractivity contribution in [1.82, 2.24) is 4.98 Å². The predicted molar refractivity (Wildman–Crippen MR) is 85.6 cm³/mol. The number of nitrogens with two attached hydrogens (primary N) is 1. The van der Waals surface area contributed by atoms with Gasteiger partial charge in [0.05, 0.1) is 29.6 Å². The summed E-state index contributed by atoms with van der Waals surface area (Å²) < 4.78 is 5.01. The number of nitrogens with one attached hydrogen (secondary N) is 1. The second-order valence-corrected chi connectivity index (χ2v) is 5.39. The van der Waals surface area contributed by atoms with Gasteiger partial charge in [-0.15, -0.1) is 11.3 Å². The van der Waals surface area contributed by atoms with Crippen molar-refractivity contribution in [1.29, 1.82) is 0 Å². The third kappa shape index (κ3) is 3.52. The topological polar surface area (TPSA) is 77.2 Å². The molecule has 0 aliphatic rings. The number of hydrogen-bond acceptors (Lipinski definition) is 6. The van der Waals surface area contributed by atoms with Crippen molar-refractivity contribution >= 4 is 28.7 Å². The molecule has 1 atom stereocenters. The maximum Gasteiger partial charge on any atom is 0.340 e. The zero-order chi connectivity index (χ0) is 15.2. The van der Waals surface area contributed by atoms with Gasteiger partial charge in [0.15, 0.2) is 0 Å². The van der Waals surface area contributed by atoms with E-state index in [1.807, 2.05) is 11.4 Å². The number of aromatic nitrogens is 1. The Hall–Kier alpha value is -2.08. The molecule has 0 aliphatic heterocycles. The van der Waals surface area contributed by atoms with Crippen LogP contribution in [0.3, 0.4) is 0 Å². The van der Waals surface area contributed by atoms with E-state index in [2.05, 4.69) is 17.2 Å². The van der Waals surface area contributed by atoms with Gasteiger partial charge in [-0.2, -0.15) is 0 Å². The third-order valence-corrected chi connectivity index (χ3v) is 3.98. The summed E-state index contributed by atoms with van der Waals surface area (Å²) in [6.07, 6.45) is 2.65. The second kappa shape index (κ2) is 7.08. The molecule has 6 heteroatoms. The number of para-hydroxylation sites is 1. The molecule has 0 fully saturated rings. The molecule has 0 spiro atoms. The maximum atomic E-state index is 11.9. The predicted octanol–water partition coefficient (Wildman–Crippen LogP) is 3.47. The molecule has 1 unspecified atom stereocenters. The largest absolute Gasteiger partial charge is 0.462 e. The van der Waals surface area contributed by atoms with Crippen molar-refractivity contribution in [2.75, 3.05) is 17.7 Å². The molecule has 0 saturated heterocycles. The number of esters is 1. The lowest BCUT2D eigenvalue weighted by Gasteiger charge is -2.18. The highest BCUT2D eigenvalue weighted by Crippen LogP contribution is 2.29. The minimum atomic E-state index is -0.402. The highest BCUT2D eigenvalue weighted by Gasteiger charge is 2.17. The molecule has 21 heavy (non-hydrogen) atoms. The lowest BCUT2D eigenvalue weighted by molar-refractivity contribution is 0.0527. The summed E-state index contributed by atoms with van der Waals surface area (Å²) in [4.78, 5) is 16.2. The number of rotatable bonds is 6. The van der Waals surface area contributed by atoms with Gasteiger partial charge in [-0.3, -0.25) is 0 Å². The Morgan fingerprint density at radius 2 is 2.29 bits per heavy atom. The van der Waals surface area contributed by atoms with Gasteiger partial charge in [-0.05, 0) is 25.5 Å². The molecule has 1 aromatic carbocycles. The van der Waals surface area contributed by atoms with Gasteiger partial charge < -0.3 is 15.8 Å². The zero-order valence-electron chi connectivity index (χ0n) is 12.1. The van der Waals surface area contributed by atoms with Crippen LogP contribution in [0.5, 0.6) is 0 Å². The van der Waals surface area contributed by atoms with Crippen molar-refractivity contribution in [3.8, 4) is 0 Å². The number of carbonyl (C=O) groups is 1. The van der Waals surface area contributed by atoms with Gasteiger partial charge in [0.25, 0.3) is 0 Å². The number of ether oxygens (including phenoxy) is 1. The van der Waals surface area contributed by atoms with E-state index in [-0.39, 0.29) is 6.04 Å². The molecule has 0 amide bonds. The number of nitrogen functional groups attached to an aromatic ring is 1. The summed E-state index contributed by atoms with van der Waals surface area (Å²) >= 11 is 1.59. The molecule has 1 heterocycles. The van der Waals surface area contributed by atoms with Crippen LogP contribution in [0, 0.1) is 0 Å². The highest BCUT2D eigenvalue weighted by atomic mass is 32.1. The fourth-order valence-electron chi connectivity index (χ4n) is 2.01. The monoisotopic (exact) mass is 305 g/mol. The first-order valence-electron chi connectivity index (χ1n) is 6.88. The van der Waals surface area contributed by atoms with E-state index in [0.29, 0.717) is 17.9 Å². The summed E-state index contributed by atoms with van der Waals surface area (Å²) in [7, 11) is 0. The molecular formula is C15H19N3O2S. The normalized spacial score (nSPS) is 11.9. The molecule has 2 rings (SSSR count). The van der Waals surface area contributed by atoms with Gasteiger partial charge in [0.2, 0.25) is 0 Å². The van der Waals surface area contributed by atoms with E-state index in [4.69, 9.17) is 10.5 Å². The number of nitrogens with zero attached hydrogens (tertiary/aromatic N) is 1. The van der Waals surface area contributed by atoms with Gasteiger partial charge in [0.1, 0.15) is 5.01 Å². The van der Waals surface area contributed by atoms with Crippen molar-refractivity contribution in [2.45, 2.75) is 26.3 Å². The number of thiazole rings is 1. The molecule has 5 nitrogen and oxygen atoms in total. The average molecular weight is 305 g/mol. The van der Waals surface area contributed by atoms with Crippen LogP contribution in [0.4, 0.5) is 11.4 Å². The van der Waals surface area contributed by atoms with Crippen molar-refractivity contribution in [3.05, 3.63) is 40.3 Å². The summed E-state index contributed by atoms with van der Waals surface area (Å²) in [6.45, 7) is 4.17. The Bertz CT molecular complexity index is 599. The van der Waals surface area contributed by atoms with Crippen molar-refractivity contribution < 1.29 is 9.53 Å². The van der Waals surface area contributed by atoms with Gasteiger partial charge in [-0.1, -0.05) is 13.0 Å². The van der Waals surface area contributed by atoms with Crippen LogP contribution in [0.15, 0.2) is 29.8 Å². The molecular weight excluding hydrogens is 286 g/mol. The zero-order valence-corrected chi connectivity index (χ0v) is 12.9. The van der Waals surface area contributed by atoms with E-state index >= 15 is 0 Å². The standard InChI is InChI=1S/C15H19N3O2S/c1-3-11(14-17-8-9-21-14)18-12-7-5-6-10(13(12)16)15(19)20-4-2/h5-9,11,18H,3-4,16H2,1-2H3. The average Bonchev–Trinajstić information content (AvgIpc) is 3.00. The van der Waals surface area contributed by atoms with Crippen LogP contribution in [0.1, 0.15) is 41.7 Å². The smallest absolute Gasteiger partial charge is 0.340 e. The minimum absolute atomic E-state index is 0.0738. The fourth-order valence-corrected chi connectivity index (χ4v) is 2.78. The van der Waals surface area contributed by atoms with E-state index in [1.165, 1.54) is 0 Å². The Morgan fingerprint density at radius 1 is 1.48 bits per heavy atom. The van der Waals surface area contributed by atoms with Crippen LogP contribution in [0.25, 0.3) is 0 Å². The Balaban J connectivity index is 2.24. The molecule has 0 saturated carbocycles. The van der Waals surface area contributed by atoms with Gasteiger partial charge >= 0.3 is 5.97 Å². The number of benzene rings is 1. The first-order chi connectivity index (χ1) is 10.2. The quantitative estimate of drug-likeness (QED) is 0.631. The molecule has 3 N–H and O–H groups in total. The first-order valence-corrected chi connectivity index (χ1v) is 7.76. The minimum Gasteiger partial charge on any atom is -0.462 e. The number of carbonyl (C=O) groups excluding carboxylic acids is 1. The summed E-state index contributed by atoms with van der Waals surface area (Å²) in [6, 6.07) is 5.39. The third-order valence-electron chi connectivity index (χ3n) is 3.09. The van der Waals surface area contributed by atoms with Gasteiger partial charge in [-0.25, -0.2) is 9.78 Å². The second-order valence-electron chi connectivity index (χ2n) is 4.46. The first kappa shape index (κ1) is 15.3. The Morgan fingerprint density at radius 3 is 2.90 bits per heavy atom. The highest BCUT2D eigenvalue weighted by molar-refractivity contribution is 7.09. The van der Waals surface area contributed by atoms with E-state index in [0.717, 1.165) is 17.1 Å². The van der Waals surface area contributed by atoms with Crippen LogP contribution in [-0.4, -0.2) is 17.6 Å². The van der Waals surface area contributed by atoms with Crippen LogP contribution in [0.2, 0.25) is 0 Å². The summed E-state index contributed by atoms with van der Waals surface area (Å²) in [5.41, 5.74) is 7.61. The SMILES string of the molecule is CCOC(=O)c1cccc(NC(CC)c2nccs2)c1N. The van der Waals surface area contributed by atoms with Crippen LogP contribution in [-0.2, 0) is 4.74 Å². The molecule has 1 aromatic heterocycles.